The van der Waals surface area contributed by atoms with Crippen LogP contribution in [0.3, 0.4) is 0 Å². The summed E-state index contributed by atoms with van der Waals surface area (Å²) in [6.07, 6.45) is -0.736. The number of nitrogens with one attached hydrogen (secondary N) is 2. The molecule has 43 heavy (non-hydrogen) atoms. The summed E-state index contributed by atoms with van der Waals surface area (Å²) in [6, 6.07) is 11.5. The second-order valence-electron chi connectivity index (χ2n) is 10.3. The van der Waals surface area contributed by atoms with Gasteiger partial charge in [-0.05, 0) is 42.3 Å². The molecule has 2 aliphatic rings. The highest BCUT2D eigenvalue weighted by Gasteiger charge is 2.63. The van der Waals surface area contributed by atoms with Crippen molar-refractivity contribution in [3.05, 3.63) is 88.6 Å². The maximum Gasteiger partial charge on any atom is 0.252 e. The Kier molecular flexibility index (Phi) is 7.82. The molecule has 1 aliphatic heterocycles. The van der Waals surface area contributed by atoms with E-state index in [1.165, 1.54) is 30.3 Å². The molecule has 2 amide bonds. The molecule has 1 saturated heterocycles. The van der Waals surface area contributed by atoms with Crippen molar-refractivity contribution in [2.45, 2.75) is 42.7 Å². The number of alkyl halides is 2. The van der Waals surface area contributed by atoms with Gasteiger partial charge in [-0.25, -0.2) is 35.3 Å². The number of amides is 2. The van der Waals surface area contributed by atoms with Gasteiger partial charge in [-0.2, -0.15) is 5.26 Å². The van der Waals surface area contributed by atoms with Gasteiger partial charge in [-0.1, -0.05) is 29.8 Å². The number of aromatic nitrogens is 1. The van der Waals surface area contributed by atoms with Gasteiger partial charge >= 0.3 is 0 Å². The number of rotatable bonds is 7. The number of hydrogen-bond donors (Lipinski definition) is 2. The largest absolute Gasteiger partial charge is 0.352 e. The van der Waals surface area contributed by atoms with Crippen LogP contribution in [0.5, 0.6) is 0 Å². The van der Waals surface area contributed by atoms with Crippen molar-refractivity contribution in [3.8, 4) is 6.07 Å². The molecule has 2 atom stereocenters. The van der Waals surface area contributed by atoms with Crippen LogP contribution >= 0.6 is 11.6 Å². The normalized spacial score (nSPS) is 21.3. The Morgan fingerprint density at radius 3 is 2.47 bits per heavy atom. The summed E-state index contributed by atoms with van der Waals surface area (Å²) >= 11 is 6.50. The minimum absolute atomic E-state index is 0.00766. The lowest BCUT2D eigenvalue weighted by atomic mass is 9.74. The van der Waals surface area contributed by atoms with Crippen molar-refractivity contribution >= 4 is 44.9 Å². The fourth-order valence-electron chi connectivity index (χ4n) is 5.46. The van der Waals surface area contributed by atoms with Gasteiger partial charge in [0.05, 0.1) is 23.3 Å². The SMILES string of the molecule is N#Cc1ccnc(N2C(C(=O)Nc3ccc(F)c(F)c3)([C@H](C(=O)NC3CC(F)(F)C3)c3ccccc3Cl)CCS2(=O)=O)c1. The maximum absolute atomic E-state index is 14.4. The molecule has 0 bridgehead atoms. The average molecular weight is 636 g/mol. The Morgan fingerprint density at radius 1 is 1.09 bits per heavy atom. The molecule has 1 aromatic heterocycles. The summed E-state index contributed by atoms with van der Waals surface area (Å²) in [5.41, 5.74) is -2.70. The first-order valence-electron chi connectivity index (χ1n) is 12.9. The molecular formula is C28H22ClF4N5O4S. The zero-order valence-electron chi connectivity index (χ0n) is 22.0. The number of nitrogens with zero attached hydrogens (tertiary/aromatic N) is 3. The van der Waals surface area contributed by atoms with E-state index in [0.717, 1.165) is 24.4 Å². The molecule has 2 fully saturated rings. The smallest absolute Gasteiger partial charge is 0.252 e. The Morgan fingerprint density at radius 2 is 1.81 bits per heavy atom. The molecule has 5 rings (SSSR count). The summed E-state index contributed by atoms with van der Waals surface area (Å²) < 4.78 is 83.1. The van der Waals surface area contributed by atoms with E-state index >= 15 is 0 Å². The zero-order chi connectivity index (χ0) is 31.2. The van der Waals surface area contributed by atoms with Gasteiger partial charge in [-0.15, -0.1) is 0 Å². The number of halogens is 5. The third-order valence-electron chi connectivity index (χ3n) is 7.43. The second-order valence-corrected chi connectivity index (χ2v) is 12.6. The lowest BCUT2D eigenvalue weighted by molar-refractivity contribution is -0.135. The first-order chi connectivity index (χ1) is 20.3. The third-order valence-corrected chi connectivity index (χ3v) is 9.56. The number of nitriles is 1. The first-order valence-corrected chi connectivity index (χ1v) is 14.8. The van der Waals surface area contributed by atoms with Crippen molar-refractivity contribution in [2.75, 3.05) is 15.4 Å². The van der Waals surface area contributed by atoms with E-state index in [2.05, 4.69) is 15.6 Å². The molecule has 224 valence electrons. The van der Waals surface area contributed by atoms with Crippen LogP contribution in [-0.2, 0) is 19.6 Å². The fourth-order valence-corrected chi connectivity index (χ4v) is 7.61. The Bertz CT molecular complexity index is 1760. The lowest BCUT2D eigenvalue weighted by Crippen LogP contribution is -2.63. The molecule has 1 unspecified atom stereocenters. The summed E-state index contributed by atoms with van der Waals surface area (Å²) in [5.74, 6) is -10.5. The van der Waals surface area contributed by atoms with Crippen LogP contribution in [0.2, 0.25) is 5.02 Å². The first kappa shape index (κ1) is 30.2. The molecule has 0 radical (unpaired) electrons. The van der Waals surface area contributed by atoms with Crippen LogP contribution in [0.4, 0.5) is 29.1 Å². The predicted octanol–water partition coefficient (Wildman–Crippen LogP) is 4.50. The van der Waals surface area contributed by atoms with Gasteiger partial charge in [0.15, 0.2) is 17.2 Å². The number of pyridine rings is 1. The fraction of sp³-hybridized carbons (Fsp3) is 0.286. The van der Waals surface area contributed by atoms with Crippen molar-refractivity contribution in [2.24, 2.45) is 0 Å². The van der Waals surface area contributed by atoms with E-state index in [1.807, 2.05) is 6.07 Å². The van der Waals surface area contributed by atoms with E-state index < -0.39 is 81.9 Å². The molecule has 0 spiro atoms. The molecule has 1 aliphatic carbocycles. The topological polar surface area (TPSA) is 132 Å². The molecule has 1 saturated carbocycles. The maximum atomic E-state index is 14.4. The number of benzene rings is 2. The van der Waals surface area contributed by atoms with Gasteiger partial charge in [0.1, 0.15) is 5.82 Å². The Hall–Kier alpha value is -4.22. The van der Waals surface area contributed by atoms with E-state index in [4.69, 9.17) is 11.6 Å². The van der Waals surface area contributed by atoms with Crippen LogP contribution in [0.1, 0.15) is 36.3 Å². The summed E-state index contributed by atoms with van der Waals surface area (Å²) in [7, 11) is -4.44. The third kappa shape index (κ3) is 5.62. The number of carbonyl (C=O) groups excluding carboxylic acids is 2. The highest BCUT2D eigenvalue weighted by Crippen LogP contribution is 2.48. The summed E-state index contributed by atoms with van der Waals surface area (Å²) in [5, 5.41) is 14.3. The number of anilines is 2. The van der Waals surface area contributed by atoms with Crippen LogP contribution in [-0.4, -0.2) is 48.5 Å². The van der Waals surface area contributed by atoms with Crippen LogP contribution in [0, 0.1) is 23.0 Å². The zero-order valence-corrected chi connectivity index (χ0v) is 23.6. The van der Waals surface area contributed by atoms with Crippen LogP contribution < -0.4 is 14.9 Å². The monoisotopic (exact) mass is 635 g/mol. The predicted molar refractivity (Wildman–Crippen MR) is 148 cm³/mol. The molecule has 2 aromatic carbocycles. The van der Waals surface area contributed by atoms with Crippen molar-refractivity contribution in [1.29, 1.82) is 5.26 Å². The number of hydrogen-bond acceptors (Lipinski definition) is 6. The van der Waals surface area contributed by atoms with Gasteiger partial charge in [0.25, 0.3) is 11.8 Å². The minimum Gasteiger partial charge on any atom is -0.352 e. The Labute approximate surface area is 248 Å². The second kappa shape index (κ2) is 11.1. The number of carbonyl (C=O) groups is 2. The molecule has 2 heterocycles. The van der Waals surface area contributed by atoms with E-state index in [9.17, 15) is 40.8 Å². The Balaban J connectivity index is 1.73. The molecule has 3 aromatic rings. The van der Waals surface area contributed by atoms with E-state index in [0.29, 0.717) is 10.4 Å². The van der Waals surface area contributed by atoms with Crippen LogP contribution in [0.15, 0.2) is 60.8 Å². The summed E-state index contributed by atoms with van der Waals surface area (Å²) in [4.78, 5) is 32.5. The van der Waals surface area contributed by atoms with Gasteiger partial charge in [-0.3, -0.25) is 9.59 Å². The quantitative estimate of drug-likeness (QED) is 0.368. The summed E-state index contributed by atoms with van der Waals surface area (Å²) in [6.45, 7) is 0. The lowest BCUT2D eigenvalue weighted by Gasteiger charge is -2.43. The van der Waals surface area contributed by atoms with Crippen LogP contribution in [0.25, 0.3) is 0 Å². The van der Waals surface area contributed by atoms with E-state index in [-0.39, 0.29) is 27.7 Å². The molecule has 9 nitrogen and oxygen atoms in total. The molecule has 15 heteroatoms. The van der Waals surface area contributed by atoms with Gasteiger partial charge in [0.2, 0.25) is 15.9 Å². The number of sulfonamides is 1. The highest BCUT2D eigenvalue weighted by molar-refractivity contribution is 7.93. The minimum atomic E-state index is -4.44. The van der Waals surface area contributed by atoms with Crippen molar-refractivity contribution < 1.29 is 35.6 Å². The van der Waals surface area contributed by atoms with E-state index in [1.54, 1.807) is 0 Å². The van der Waals surface area contributed by atoms with Crippen molar-refractivity contribution in [3.63, 3.8) is 0 Å². The van der Waals surface area contributed by atoms with Crippen molar-refractivity contribution in [1.82, 2.24) is 10.3 Å². The van der Waals surface area contributed by atoms with Gasteiger partial charge in [0, 0.05) is 41.9 Å². The molecular weight excluding hydrogens is 614 g/mol. The van der Waals surface area contributed by atoms with Gasteiger partial charge < -0.3 is 10.6 Å². The standard InChI is InChI=1S/C28H22ClF4N5O4S/c29-20-4-2-1-3-19(20)24(25(39)36-18-13-27(32,33)14-18)28(26(40)37-17-5-6-21(30)22(31)12-17)8-10-43(41,42)38(28)23-11-16(15-34)7-9-35-23/h1-7,9,11-12,18,24H,8,10,13-14H2,(H,36,39)(H,37,40)/t24-,28?/m0/s1. The molecule has 2 N–H and O–H groups in total. The average Bonchev–Trinajstić information content (AvgIpc) is 3.22. The highest BCUT2D eigenvalue weighted by atomic mass is 35.5.